The topological polar surface area (TPSA) is 38.7 Å². The maximum Gasteiger partial charge on any atom is 0.192 e. The zero-order chi connectivity index (χ0) is 35.6. The maximum absolute atomic E-state index is 10.6. The van der Waals surface area contributed by atoms with Crippen molar-refractivity contribution < 1.29 is 14.0 Å². The zero-order valence-corrected chi connectivity index (χ0v) is 35.2. The Balaban J connectivity index is 1.87. The second kappa shape index (κ2) is 15.1. The van der Waals surface area contributed by atoms with Gasteiger partial charge in [-0.15, -0.1) is 0 Å². The van der Waals surface area contributed by atoms with E-state index in [1.165, 1.54) is 43.3 Å². The standard InChI is InChI=1S/C42H74O3Si2/c1-16-42(43,17-2)28-19-18-21-31(3)36-25-26-37-33(22-20-27-41(36,37)11)23-24-34-29-35(44-46(12,13)39(5,6)7)30-38(32(34)4)45-47(14,15)40(8,9)10/h18-19,21,23-24,28,31,35-38,43H,4,16-17,20,22,25-27,29-30H2,1-3,5-15H3/b21-18+,28-19+,33-23-,34-24-/t31-,35+,36+,37+,38-,41+/m0/s1. The van der Waals surface area contributed by atoms with Gasteiger partial charge in [-0.3, -0.25) is 0 Å². The minimum Gasteiger partial charge on any atom is -0.413 e. The summed E-state index contributed by atoms with van der Waals surface area (Å²) in [5.41, 5.74) is 3.79. The van der Waals surface area contributed by atoms with E-state index in [1.54, 1.807) is 5.57 Å². The first kappa shape index (κ1) is 40.4. The molecule has 3 aliphatic carbocycles. The van der Waals surface area contributed by atoms with Crippen molar-refractivity contribution in [2.24, 2.45) is 23.2 Å². The molecule has 0 aliphatic heterocycles. The van der Waals surface area contributed by atoms with Crippen LogP contribution in [-0.4, -0.2) is 39.6 Å². The molecule has 3 nitrogen and oxygen atoms in total. The fraction of sp³-hybridized carbons (Fsp3) is 0.762. The minimum absolute atomic E-state index is 0.0175. The quantitative estimate of drug-likeness (QED) is 0.174. The van der Waals surface area contributed by atoms with Crippen LogP contribution in [0.25, 0.3) is 0 Å². The van der Waals surface area contributed by atoms with Gasteiger partial charge in [0.15, 0.2) is 16.6 Å². The lowest BCUT2D eigenvalue weighted by molar-refractivity contribution is 0.0828. The Morgan fingerprint density at radius 2 is 1.53 bits per heavy atom. The monoisotopic (exact) mass is 683 g/mol. The van der Waals surface area contributed by atoms with Gasteiger partial charge in [0.1, 0.15) is 0 Å². The Labute approximate surface area is 293 Å². The molecule has 0 saturated heterocycles. The van der Waals surface area contributed by atoms with Gasteiger partial charge < -0.3 is 14.0 Å². The smallest absolute Gasteiger partial charge is 0.192 e. The molecule has 3 rings (SSSR count). The molecule has 5 heteroatoms. The summed E-state index contributed by atoms with van der Waals surface area (Å²) in [6, 6.07) is 0. The summed E-state index contributed by atoms with van der Waals surface area (Å²) in [4.78, 5) is 0. The van der Waals surface area contributed by atoms with Crippen molar-refractivity contribution in [1.29, 1.82) is 0 Å². The fourth-order valence-corrected chi connectivity index (χ4v) is 10.7. The molecule has 47 heavy (non-hydrogen) atoms. The summed E-state index contributed by atoms with van der Waals surface area (Å²) in [5.74, 6) is 1.84. The number of aliphatic hydroxyl groups is 1. The Morgan fingerprint density at radius 1 is 0.936 bits per heavy atom. The van der Waals surface area contributed by atoms with E-state index in [1.807, 2.05) is 6.08 Å². The molecule has 0 aromatic carbocycles. The van der Waals surface area contributed by atoms with E-state index in [-0.39, 0.29) is 22.3 Å². The molecule has 3 aliphatic rings. The molecule has 6 atom stereocenters. The largest absolute Gasteiger partial charge is 0.413 e. The van der Waals surface area contributed by atoms with Gasteiger partial charge in [-0.25, -0.2) is 0 Å². The highest BCUT2D eigenvalue weighted by molar-refractivity contribution is 6.74. The lowest BCUT2D eigenvalue weighted by Gasteiger charge is -2.45. The molecule has 0 amide bonds. The minimum atomic E-state index is -1.99. The summed E-state index contributed by atoms with van der Waals surface area (Å²) in [7, 11) is -3.92. The molecule has 3 fully saturated rings. The average molecular weight is 683 g/mol. The van der Waals surface area contributed by atoms with Gasteiger partial charge in [0.2, 0.25) is 0 Å². The fourth-order valence-electron chi connectivity index (χ4n) is 8.00. The molecule has 1 N–H and O–H groups in total. The molecule has 0 aromatic heterocycles. The summed E-state index contributed by atoms with van der Waals surface area (Å²) >= 11 is 0. The van der Waals surface area contributed by atoms with E-state index in [2.05, 4.69) is 126 Å². The molecule has 0 radical (unpaired) electrons. The maximum atomic E-state index is 10.6. The van der Waals surface area contributed by atoms with Crippen LogP contribution in [0.3, 0.4) is 0 Å². The first-order valence-corrected chi connectivity index (χ1v) is 24.8. The SMILES string of the molecule is C=C1/C(=C\C=C2\CCC[C@@]3(C)[C@@H]2CC[C@@H]3[C@@H](C)/C=C/C=C/C(O)(CC)CC)C[C@@H](O[Si](C)(C)C(C)(C)C)C[C@@H]1O[Si](C)(C)C(C)(C)C. The van der Waals surface area contributed by atoms with Crippen LogP contribution < -0.4 is 0 Å². The van der Waals surface area contributed by atoms with E-state index in [9.17, 15) is 5.11 Å². The van der Waals surface area contributed by atoms with E-state index >= 15 is 0 Å². The lowest BCUT2D eigenvalue weighted by Crippen LogP contribution is -2.49. The summed E-state index contributed by atoms with van der Waals surface area (Å²) in [5, 5.41) is 11.0. The highest BCUT2D eigenvalue weighted by atomic mass is 28.4. The van der Waals surface area contributed by atoms with Gasteiger partial charge in [0.05, 0.1) is 17.8 Å². The van der Waals surface area contributed by atoms with Crippen LogP contribution in [0, 0.1) is 23.2 Å². The molecule has 3 saturated carbocycles. The first-order valence-electron chi connectivity index (χ1n) is 19.0. The van der Waals surface area contributed by atoms with Gasteiger partial charge in [0, 0.05) is 6.42 Å². The Morgan fingerprint density at radius 3 is 2.11 bits per heavy atom. The van der Waals surface area contributed by atoms with Gasteiger partial charge >= 0.3 is 0 Å². The number of allylic oxidation sites excluding steroid dienone is 6. The van der Waals surface area contributed by atoms with Crippen molar-refractivity contribution in [3.8, 4) is 0 Å². The number of hydrogen-bond acceptors (Lipinski definition) is 3. The molecule has 0 unspecified atom stereocenters. The lowest BCUT2D eigenvalue weighted by atomic mass is 9.61. The number of rotatable bonds is 11. The summed E-state index contributed by atoms with van der Waals surface area (Å²) in [6.45, 7) is 37.3. The van der Waals surface area contributed by atoms with Crippen LogP contribution in [-0.2, 0) is 8.85 Å². The van der Waals surface area contributed by atoms with Crippen LogP contribution in [0.2, 0.25) is 36.3 Å². The normalized spacial score (nSPS) is 31.0. The summed E-state index contributed by atoms with van der Waals surface area (Å²) in [6.07, 6.45) is 23.4. The molecule has 0 bridgehead atoms. The molecule has 268 valence electrons. The highest BCUT2D eigenvalue weighted by Gasteiger charge is 2.50. The van der Waals surface area contributed by atoms with E-state index < -0.39 is 22.2 Å². The van der Waals surface area contributed by atoms with Crippen LogP contribution in [0.4, 0.5) is 0 Å². The number of hydrogen-bond donors (Lipinski definition) is 1. The average Bonchev–Trinajstić information content (AvgIpc) is 3.32. The van der Waals surface area contributed by atoms with Gasteiger partial charge in [0.25, 0.3) is 0 Å². The third-order valence-corrected chi connectivity index (χ3v) is 22.6. The van der Waals surface area contributed by atoms with Crippen LogP contribution >= 0.6 is 0 Å². The van der Waals surface area contributed by atoms with Crippen molar-refractivity contribution in [3.63, 3.8) is 0 Å². The van der Waals surface area contributed by atoms with E-state index in [0.717, 1.165) is 25.7 Å². The molecule has 0 spiro atoms. The number of fused-ring (bicyclic) bond motifs is 1. The van der Waals surface area contributed by atoms with Crippen molar-refractivity contribution >= 4 is 16.6 Å². The van der Waals surface area contributed by atoms with Crippen molar-refractivity contribution in [2.45, 2.75) is 181 Å². The third-order valence-electron chi connectivity index (χ3n) is 13.6. The van der Waals surface area contributed by atoms with Gasteiger partial charge in [-0.2, -0.15) is 0 Å². The van der Waals surface area contributed by atoms with Crippen LogP contribution in [0.5, 0.6) is 0 Å². The van der Waals surface area contributed by atoms with Gasteiger partial charge in [-0.1, -0.05) is 118 Å². The predicted octanol–water partition coefficient (Wildman–Crippen LogP) is 12.5. The third kappa shape index (κ3) is 9.42. The van der Waals surface area contributed by atoms with Crippen LogP contribution in [0.1, 0.15) is 127 Å². The second-order valence-corrected chi connectivity index (χ2v) is 28.3. The molecule has 0 heterocycles. The molecular formula is C42H74O3Si2. The molecule has 0 aromatic rings. The van der Waals surface area contributed by atoms with E-state index in [4.69, 9.17) is 15.4 Å². The first-order chi connectivity index (χ1) is 21.5. The predicted molar refractivity (Wildman–Crippen MR) is 210 cm³/mol. The van der Waals surface area contributed by atoms with Crippen molar-refractivity contribution in [2.75, 3.05) is 0 Å². The van der Waals surface area contributed by atoms with Crippen LogP contribution in [0.15, 0.2) is 59.8 Å². The zero-order valence-electron chi connectivity index (χ0n) is 33.2. The Kier molecular flexibility index (Phi) is 13.0. The Bertz CT molecular complexity index is 1200. The van der Waals surface area contributed by atoms with Crippen molar-refractivity contribution in [1.82, 2.24) is 0 Å². The summed E-state index contributed by atoms with van der Waals surface area (Å²) < 4.78 is 14.2. The van der Waals surface area contributed by atoms with Gasteiger partial charge in [-0.05, 0) is 122 Å². The Hall–Kier alpha value is -0.986. The molecular weight excluding hydrogens is 609 g/mol. The highest BCUT2D eigenvalue weighted by Crippen LogP contribution is 2.59. The van der Waals surface area contributed by atoms with E-state index in [0.29, 0.717) is 23.2 Å². The van der Waals surface area contributed by atoms with Crippen molar-refractivity contribution in [3.05, 3.63) is 59.8 Å². The second-order valence-electron chi connectivity index (χ2n) is 18.8.